The Kier molecular flexibility index (Phi) is 7.45. The van der Waals surface area contributed by atoms with E-state index in [1.807, 2.05) is 13.8 Å². The van der Waals surface area contributed by atoms with Crippen LogP contribution in [0.15, 0.2) is 0 Å². The van der Waals surface area contributed by atoms with Crippen LogP contribution < -0.4 is 5.32 Å². The summed E-state index contributed by atoms with van der Waals surface area (Å²) in [6.45, 7) is 5.33. The predicted octanol–water partition coefficient (Wildman–Crippen LogP) is 0.508. The summed E-state index contributed by atoms with van der Waals surface area (Å²) in [5, 5.41) is 21.4. The first kappa shape index (κ1) is 11.9. The van der Waals surface area contributed by atoms with E-state index in [2.05, 4.69) is 5.32 Å². The van der Waals surface area contributed by atoms with Crippen LogP contribution in [0, 0.1) is 0 Å². The van der Waals surface area contributed by atoms with E-state index < -0.39 is 0 Å². The molecule has 0 bridgehead atoms. The first-order chi connectivity index (χ1) is 5.70. The Hall–Kier alpha value is -0.120. The molecule has 0 rings (SSSR count). The minimum absolute atomic E-state index is 0.198. The normalized spacial score (nSPS) is 16.0. The van der Waals surface area contributed by atoms with Crippen molar-refractivity contribution in [2.75, 3.05) is 13.1 Å². The van der Waals surface area contributed by atoms with Gasteiger partial charge in [0.25, 0.3) is 0 Å². The van der Waals surface area contributed by atoms with E-state index in [-0.39, 0.29) is 12.2 Å². The van der Waals surface area contributed by atoms with Gasteiger partial charge in [0.2, 0.25) is 0 Å². The SMILES string of the molecule is CCC(O)CCNCC(O)CC. The van der Waals surface area contributed by atoms with E-state index in [9.17, 15) is 5.11 Å². The van der Waals surface area contributed by atoms with E-state index in [4.69, 9.17) is 5.11 Å². The molecule has 0 aromatic heterocycles. The fourth-order valence-electron chi connectivity index (χ4n) is 0.886. The van der Waals surface area contributed by atoms with Gasteiger partial charge in [0.05, 0.1) is 12.2 Å². The van der Waals surface area contributed by atoms with Crippen molar-refractivity contribution in [2.24, 2.45) is 0 Å². The average molecular weight is 175 g/mol. The van der Waals surface area contributed by atoms with Gasteiger partial charge in [-0.25, -0.2) is 0 Å². The van der Waals surface area contributed by atoms with Crippen LogP contribution in [0.1, 0.15) is 33.1 Å². The van der Waals surface area contributed by atoms with Crippen LogP contribution in [0.4, 0.5) is 0 Å². The molecule has 0 radical (unpaired) electrons. The lowest BCUT2D eigenvalue weighted by Gasteiger charge is -2.11. The van der Waals surface area contributed by atoms with Crippen molar-refractivity contribution in [1.82, 2.24) is 5.32 Å². The van der Waals surface area contributed by atoms with Crippen molar-refractivity contribution >= 4 is 0 Å². The molecule has 0 aromatic carbocycles. The number of hydrogen-bond donors (Lipinski definition) is 3. The summed E-state index contributed by atoms with van der Waals surface area (Å²) in [4.78, 5) is 0. The maximum Gasteiger partial charge on any atom is 0.0662 e. The second-order valence-electron chi connectivity index (χ2n) is 3.12. The van der Waals surface area contributed by atoms with Gasteiger partial charge in [0.15, 0.2) is 0 Å². The Bertz CT molecular complexity index is 86.5. The first-order valence-corrected chi connectivity index (χ1v) is 4.77. The predicted molar refractivity (Wildman–Crippen MR) is 50.1 cm³/mol. The Morgan fingerprint density at radius 3 is 2.17 bits per heavy atom. The molecule has 0 heterocycles. The largest absolute Gasteiger partial charge is 0.393 e. The molecule has 2 unspecified atom stereocenters. The third kappa shape index (κ3) is 6.58. The maximum atomic E-state index is 9.18. The highest BCUT2D eigenvalue weighted by Crippen LogP contribution is 1.94. The van der Waals surface area contributed by atoms with E-state index in [1.54, 1.807) is 0 Å². The Balaban J connectivity index is 3.10. The molecule has 0 aromatic rings. The lowest BCUT2D eigenvalue weighted by Crippen LogP contribution is -2.28. The van der Waals surface area contributed by atoms with Crippen molar-refractivity contribution in [3.05, 3.63) is 0 Å². The van der Waals surface area contributed by atoms with Gasteiger partial charge in [-0.3, -0.25) is 0 Å². The zero-order chi connectivity index (χ0) is 9.40. The van der Waals surface area contributed by atoms with Crippen molar-refractivity contribution in [2.45, 2.75) is 45.3 Å². The summed E-state index contributed by atoms with van der Waals surface area (Å²) in [5.41, 5.74) is 0. The number of nitrogens with one attached hydrogen (secondary N) is 1. The number of hydrogen-bond acceptors (Lipinski definition) is 3. The van der Waals surface area contributed by atoms with E-state index in [0.29, 0.717) is 6.54 Å². The summed E-state index contributed by atoms with van der Waals surface area (Å²) in [5.74, 6) is 0. The monoisotopic (exact) mass is 175 g/mol. The molecule has 0 aliphatic heterocycles. The van der Waals surface area contributed by atoms with E-state index in [0.717, 1.165) is 25.8 Å². The molecule has 0 aliphatic rings. The fourth-order valence-corrected chi connectivity index (χ4v) is 0.886. The highest BCUT2D eigenvalue weighted by Gasteiger charge is 2.01. The summed E-state index contributed by atoms with van der Waals surface area (Å²) >= 11 is 0. The lowest BCUT2D eigenvalue weighted by atomic mass is 10.2. The molecule has 3 heteroatoms. The third-order valence-corrected chi connectivity index (χ3v) is 1.98. The van der Waals surface area contributed by atoms with Crippen LogP contribution in [0.5, 0.6) is 0 Å². The van der Waals surface area contributed by atoms with Crippen LogP contribution in [-0.2, 0) is 0 Å². The van der Waals surface area contributed by atoms with E-state index in [1.165, 1.54) is 0 Å². The zero-order valence-electron chi connectivity index (χ0n) is 8.08. The summed E-state index contributed by atoms with van der Waals surface area (Å²) in [6.07, 6.45) is 1.91. The Morgan fingerprint density at radius 1 is 1.08 bits per heavy atom. The van der Waals surface area contributed by atoms with E-state index >= 15 is 0 Å². The number of rotatable bonds is 7. The molecule has 74 valence electrons. The molecule has 0 saturated heterocycles. The molecule has 0 spiro atoms. The van der Waals surface area contributed by atoms with Gasteiger partial charge in [0.1, 0.15) is 0 Å². The summed E-state index contributed by atoms with van der Waals surface area (Å²) in [7, 11) is 0. The topological polar surface area (TPSA) is 52.5 Å². The molecule has 0 fully saturated rings. The summed E-state index contributed by atoms with van der Waals surface area (Å²) in [6, 6.07) is 0. The number of aliphatic hydroxyl groups is 2. The number of aliphatic hydroxyl groups excluding tert-OH is 2. The molecule has 2 atom stereocenters. The Labute approximate surface area is 74.8 Å². The molecule has 12 heavy (non-hydrogen) atoms. The molecule has 3 N–H and O–H groups in total. The minimum atomic E-state index is -0.247. The van der Waals surface area contributed by atoms with Gasteiger partial charge in [0, 0.05) is 6.54 Å². The van der Waals surface area contributed by atoms with Gasteiger partial charge in [-0.1, -0.05) is 13.8 Å². The van der Waals surface area contributed by atoms with Crippen LogP contribution in [-0.4, -0.2) is 35.5 Å². The van der Waals surface area contributed by atoms with Gasteiger partial charge < -0.3 is 15.5 Å². The summed E-state index contributed by atoms with van der Waals surface area (Å²) < 4.78 is 0. The van der Waals surface area contributed by atoms with Crippen molar-refractivity contribution < 1.29 is 10.2 Å². The van der Waals surface area contributed by atoms with Gasteiger partial charge in [-0.15, -0.1) is 0 Å². The zero-order valence-corrected chi connectivity index (χ0v) is 8.08. The maximum absolute atomic E-state index is 9.18. The van der Waals surface area contributed by atoms with Gasteiger partial charge in [-0.05, 0) is 25.8 Å². The lowest BCUT2D eigenvalue weighted by molar-refractivity contribution is 0.148. The van der Waals surface area contributed by atoms with Crippen LogP contribution in [0.2, 0.25) is 0 Å². The molecule has 0 aliphatic carbocycles. The van der Waals surface area contributed by atoms with Gasteiger partial charge in [-0.2, -0.15) is 0 Å². The fraction of sp³-hybridized carbons (Fsp3) is 1.00. The van der Waals surface area contributed by atoms with Crippen molar-refractivity contribution in [3.63, 3.8) is 0 Å². The highest BCUT2D eigenvalue weighted by atomic mass is 16.3. The smallest absolute Gasteiger partial charge is 0.0662 e. The van der Waals surface area contributed by atoms with Crippen molar-refractivity contribution in [1.29, 1.82) is 0 Å². The Morgan fingerprint density at radius 2 is 1.67 bits per heavy atom. The van der Waals surface area contributed by atoms with Crippen molar-refractivity contribution in [3.8, 4) is 0 Å². The molecular weight excluding hydrogens is 154 g/mol. The molecular formula is C9H21NO2. The highest BCUT2D eigenvalue weighted by molar-refractivity contribution is 4.59. The van der Waals surface area contributed by atoms with Crippen LogP contribution >= 0.6 is 0 Å². The van der Waals surface area contributed by atoms with Gasteiger partial charge >= 0.3 is 0 Å². The second-order valence-corrected chi connectivity index (χ2v) is 3.12. The molecule has 3 nitrogen and oxygen atoms in total. The molecule has 0 saturated carbocycles. The third-order valence-electron chi connectivity index (χ3n) is 1.98. The minimum Gasteiger partial charge on any atom is -0.393 e. The second kappa shape index (κ2) is 7.53. The molecule has 0 amide bonds. The average Bonchev–Trinajstić information content (AvgIpc) is 2.11. The standard InChI is InChI=1S/C9H21NO2/c1-3-8(11)5-6-10-7-9(12)4-2/h8-12H,3-7H2,1-2H3. The first-order valence-electron chi connectivity index (χ1n) is 4.77. The van der Waals surface area contributed by atoms with Crippen LogP contribution in [0.3, 0.4) is 0 Å². The van der Waals surface area contributed by atoms with Crippen LogP contribution in [0.25, 0.3) is 0 Å². The quantitative estimate of drug-likeness (QED) is 0.494.